The Hall–Kier alpha value is -2.67. The molecule has 3 heterocycles. The number of carbonyl (C=O) groups excluding carboxylic acids is 1. The molecule has 24 heavy (non-hydrogen) atoms. The maximum atomic E-state index is 12.6. The quantitative estimate of drug-likeness (QED) is 0.689. The highest BCUT2D eigenvalue weighted by molar-refractivity contribution is 6.04. The number of benzene rings is 1. The second kappa shape index (κ2) is 5.76. The van der Waals surface area contributed by atoms with Gasteiger partial charge in [0, 0.05) is 47.9 Å². The molecule has 7 heteroatoms. The molecular formula is C17H20N6O. The first-order chi connectivity index (χ1) is 11.6. The van der Waals surface area contributed by atoms with Crippen molar-refractivity contribution < 1.29 is 4.79 Å². The molecular weight excluding hydrogens is 304 g/mol. The number of rotatable bonds is 3. The Morgan fingerprint density at radius 1 is 1.38 bits per heavy atom. The largest absolute Gasteiger partial charge is 0.321 e. The maximum absolute atomic E-state index is 12.6. The van der Waals surface area contributed by atoms with Gasteiger partial charge in [-0.15, -0.1) is 0 Å². The molecule has 0 saturated carbocycles. The van der Waals surface area contributed by atoms with Gasteiger partial charge in [0.15, 0.2) is 5.69 Å². The number of nitrogens with one attached hydrogen (secondary N) is 3. The number of carbonyl (C=O) groups is 1. The van der Waals surface area contributed by atoms with Gasteiger partial charge in [0.1, 0.15) is 0 Å². The summed E-state index contributed by atoms with van der Waals surface area (Å²) in [6.07, 6.45) is 2.71. The van der Waals surface area contributed by atoms with Crippen LogP contribution in [0, 0.1) is 0 Å². The first-order valence-corrected chi connectivity index (χ1v) is 8.19. The molecule has 2 aromatic heterocycles. The topological polar surface area (TPSA) is 87.6 Å². The molecule has 0 fully saturated rings. The summed E-state index contributed by atoms with van der Waals surface area (Å²) in [5.41, 5.74) is 4.23. The lowest BCUT2D eigenvalue weighted by molar-refractivity contribution is 0.102. The zero-order valence-corrected chi connectivity index (χ0v) is 13.8. The van der Waals surface area contributed by atoms with Gasteiger partial charge in [-0.1, -0.05) is 0 Å². The van der Waals surface area contributed by atoms with E-state index in [0.29, 0.717) is 12.2 Å². The number of H-pyrrole nitrogens is 1. The fourth-order valence-corrected chi connectivity index (χ4v) is 3.13. The number of hydrogen-bond acceptors (Lipinski definition) is 4. The van der Waals surface area contributed by atoms with Crippen LogP contribution < -0.4 is 10.6 Å². The van der Waals surface area contributed by atoms with Crippen LogP contribution in [-0.4, -0.2) is 32.4 Å². The van der Waals surface area contributed by atoms with Crippen molar-refractivity contribution in [3.8, 4) is 0 Å². The Morgan fingerprint density at radius 2 is 2.25 bits per heavy atom. The van der Waals surface area contributed by atoms with Crippen LogP contribution in [0.2, 0.25) is 0 Å². The lowest BCUT2D eigenvalue weighted by atomic mass is 10.1. The molecule has 1 amide bonds. The van der Waals surface area contributed by atoms with E-state index in [4.69, 9.17) is 0 Å². The van der Waals surface area contributed by atoms with Gasteiger partial charge in [0.25, 0.3) is 5.91 Å². The molecule has 1 aliphatic rings. The Bertz CT molecular complexity index is 907. The molecule has 0 spiro atoms. The number of anilines is 1. The highest BCUT2D eigenvalue weighted by Gasteiger charge is 2.21. The highest BCUT2D eigenvalue weighted by atomic mass is 16.1. The Balaban J connectivity index is 1.63. The Morgan fingerprint density at radius 3 is 3.08 bits per heavy atom. The summed E-state index contributed by atoms with van der Waals surface area (Å²) in [4.78, 5) is 12.6. The molecule has 0 radical (unpaired) electrons. The summed E-state index contributed by atoms with van der Waals surface area (Å²) in [6.45, 7) is 5.75. The fraction of sp³-hybridized carbons (Fsp3) is 0.353. The summed E-state index contributed by atoms with van der Waals surface area (Å²) in [5.74, 6) is -0.189. The number of aromatic amines is 1. The minimum absolute atomic E-state index is 0.189. The van der Waals surface area contributed by atoms with E-state index in [2.05, 4.69) is 39.8 Å². The number of fused-ring (bicyclic) bond motifs is 2. The van der Waals surface area contributed by atoms with Gasteiger partial charge < -0.3 is 10.6 Å². The SMILES string of the molecule is CC(C)n1ncc2ccc(NC(=O)c3n[nH]c4c3CNCC4)cc21. The van der Waals surface area contributed by atoms with E-state index >= 15 is 0 Å². The Kier molecular flexibility index (Phi) is 3.57. The lowest BCUT2D eigenvalue weighted by Gasteiger charge is -2.13. The van der Waals surface area contributed by atoms with Gasteiger partial charge in [0.2, 0.25) is 0 Å². The van der Waals surface area contributed by atoms with E-state index in [-0.39, 0.29) is 11.9 Å². The average molecular weight is 324 g/mol. The van der Waals surface area contributed by atoms with Gasteiger partial charge in [-0.3, -0.25) is 14.6 Å². The van der Waals surface area contributed by atoms with Crippen molar-refractivity contribution in [1.82, 2.24) is 25.3 Å². The first kappa shape index (κ1) is 14.9. The standard InChI is InChI=1S/C17H20N6O/c1-10(2)23-15-7-12(4-3-11(15)8-19-23)20-17(24)16-13-9-18-6-5-14(13)21-22-16/h3-4,7-8,10,18H,5-6,9H2,1-2H3,(H,20,24)(H,21,22). The molecule has 4 rings (SSSR count). The van der Waals surface area contributed by atoms with E-state index in [9.17, 15) is 4.79 Å². The van der Waals surface area contributed by atoms with Crippen molar-refractivity contribution >= 4 is 22.5 Å². The molecule has 0 saturated heterocycles. The summed E-state index contributed by atoms with van der Waals surface area (Å²) in [7, 11) is 0. The van der Waals surface area contributed by atoms with Crippen LogP contribution in [0.4, 0.5) is 5.69 Å². The van der Waals surface area contributed by atoms with Crippen molar-refractivity contribution in [1.29, 1.82) is 0 Å². The van der Waals surface area contributed by atoms with E-state index in [1.54, 1.807) is 0 Å². The molecule has 3 N–H and O–H groups in total. The van der Waals surface area contributed by atoms with Crippen LogP contribution in [-0.2, 0) is 13.0 Å². The van der Waals surface area contributed by atoms with Crippen molar-refractivity contribution in [2.24, 2.45) is 0 Å². The lowest BCUT2D eigenvalue weighted by Crippen LogP contribution is -2.25. The van der Waals surface area contributed by atoms with E-state index < -0.39 is 0 Å². The maximum Gasteiger partial charge on any atom is 0.276 e. The van der Waals surface area contributed by atoms with Crippen LogP contribution in [0.15, 0.2) is 24.4 Å². The number of hydrogen-bond donors (Lipinski definition) is 3. The second-order valence-corrected chi connectivity index (χ2v) is 6.37. The molecule has 1 aliphatic heterocycles. The molecule has 124 valence electrons. The van der Waals surface area contributed by atoms with Crippen molar-refractivity contribution in [3.63, 3.8) is 0 Å². The second-order valence-electron chi connectivity index (χ2n) is 6.37. The van der Waals surface area contributed by atoms with Gasteiger partial charge >= 0.3 is 0 Å². The predicted molar refractivity (Wildman–Crippen MR) is 92.1 cm³/mol. The van der Waals surface area contributed by atoms with Crippen LogP contribution in [0.1, 0.15) is 41.6 Å². The number of amides is 1. The van der Waals surface area contributed by atoms with Crippen LogP contribution in [0.5, 0.6) is 0 Å². The number of nitrogens with zero attached hydrogens (tertiary/aromatic N) is 3. The zero-order valence-electron chi connectivity index (χ0n) is 13.8. The third-order valence-electron chi connectivity index (χ3n) is 4.37. The minimum atomic E-state index is -0.189. The normalized spacial score (nSPS) is 14.1. The highest BCUT2D eigenvalue weighted by Crippen LogP contribution is 2.23. The summed E-state index contributed by atoms with van der Waals surface area (Å²) >= 11 is 0. The molecule has 0 aliphatic carbocycles. The van der Waals surface area contributed by atoms with E-state index in [1.165, 1.54) is 0 Å². The number of aromatic nitrogens is 4. The molecule has 0 atom stereocenters. The average Bonchev–Trinajstić information content (AvgIpc) is 3.18. The fourth-order valence-electron chi connectivity index (χ4n) is 3.13. The van der Waals surface area contributed by atoms with E-state index in [0.717, 1.165) is 40.8 Å². The monoisotopic (exact) mass is 324 g/mol. The van der Waals surface area contributed by atoms with Crippen LogP contribution in [0.25, 0.3) is 10.9 Å². The van der Waals surface area contributed by atoms with Gasteiger partial charge in [-0.25, -0.2) is 0 Å². The summed E-state index contributed by atoms with van der Waals surface area (Å²) in [6, 6.07) is 6.08. The van der Waals surface area contributed by atoms with Crippen molar-refractivity contribution in [2.75, 3.05) is 11.9 Å². The summed E-state index contributed by atoms with van der Waals surface area (Å²) < 4.78 is 1.95. The van der Waals surface area contributed by atoms with Gasteiger partial charge in [-0.2, -0.15) is 10.2 Å². The zero-order chi connectivity index (χ0) is 16.7. The summed E-state index contributed by atoms with van der Waals surface area (Å²) in [5, 5.41) is 18.9. The van der Waals surface area contributed by atoms with Crippen molar-refractivity contribution in [2.45, 2.75) is 32.9 Å². The minimum Gasteiger partial charge on any atom is -0.321 e. The molecule has 3 aromatic rings. The third-order valence-corrected chi connectivity index (χ3v) is 4.37. The van der Waals surface area contributed by atoms with Crippen molar-refractivity contribution in [3.05, 3.63) is 41.3 Å². The predicted octanol–water partition coefficient (Wildman–Crippen LogP) is 2.24. The third kappa shape index (κ3) is 2.46. The molecule has 7 nitrogen and oxygen atoms in total. The Labute approximate surface area is 139 Å². The molecule has 1 aromatic carbocycles. The van der Waals surface area contributed by atoms with Crippen LogP contribution >= 0.6 is 0 Å². The first-order valence-electron chi connectivity index (χ1n) is 8.19. The van der Waals surface area contributed by atoms with E-state index in [1.807, 2.05) is 29.1 Å². The molecule has 0 bridgehead atoms. The molecule has 0 unspecified atom stereocenters. The van der Waals surface area contributed by atoms with Gasteiger partial charge in [0.05, 0.1) is 11.7 Å². The smallest absolute Gasteiger partial charge is 0.276 e. The van der Waals surface area contributed by atoms with Crippen LogP contribution in [0.3, 0.4) is 0 Å². The van der Waals surface area contributed by atoms with Gasteiger partial charge in [-0.05, 0) is 32.0 Å².